The maximum Gasteiger partial charge on any atom is 0.262 e. The summed E-state index contributed by atoms with van der Waals surface area (Å²) in [6.07, 6.45) is 10.0. The fraction of sp³-hybridized carbons (Fsp3) is 0.233. The second kappa shape index (κ2) is 10.9. The Labute approximate surface area is 234 Å². The number of nitrogen functional groups attached to an aromatic ring is 1. The van der Waals surface area contributed by atoms with Crippen molar-refractivity contribution >= 4 is 28.6 Å². The normalized spacial score (nSPS) is 13.9. The van der Waals surface area contributed by atoms with Crippen LogP contribution in [-0.4, -0.2) is 43.2 Å². The number of aromatic nitrogens is 5. The summed E-state index contributed by atoms with van der Waals surface area (Å²) in [4.78, 5) is 39.7. The van der Waals surface area contributed by atoms with Crippen LogP contribution in [0.5, 0.6) is 0 Å². The van der Waals surface area contributed by atoms with Crippen molar-refractivity contribution in [3.05, 3.63) is 89.1 Å². The molecule has 1 aliphatic rings. The largest absolute Gasteiger partial charge is 0.383 e. The van der Waals surface area contributed by atoms with Crippen LogP contribution in [0.3, 0.4) is 0 Å². The van der Waals surface area contributed by atoms with Gasteiger partial charge >= 0.3 is 0 Å². The van der Waals surface area contributed by atoms with Gasteiger partial charge in [-0.3, -0.25) is 9.59 Å². The van der Waals surface area contributed by atoms with Gasteiger partial charge < -0.3 is 24.9 Å². The fourth-order valence-electron chi connectivity index (χ4n) is 5.22. The molecule has 10 nitrogen and oxygen atoms in total. The number of nitrogens with zero attached hydrogens (tertiary/aromatic N) is 5. The molecule has 5 aromatic rings. The Morgan fingerprint density at radius 2 is 1.78 bits per heavy atom. The second-order valence-corrected chi connectivity index (χ2v) is 10.2. The molecule has 0 aliphatic carbocycles. The lowest BCUT2D eigenvalue weighted by Crippen LogP contribution is -2.27. The monoisotopic (exact) mass is 553 g/mol. The first-order valence-corrected chi connectivity index (χ1v) is 13.3. The number of aryl methyl sites for hydroxylation is 1. The number of carbonyl (C=O) groups excluding carboxylic acids is 1. The quantitative estimate of drug-likeness (QED) is 0.321. The van der Waals surface area contributed by atoms with Crippen molar-refractivity contribution in [1.82, 2.24) is 24.1 Å². The molecular weight excluding hydrogens is 525 g/mol. The molecule has 1 fully saturated rings. The van der Waals surface area contributed by atoms with Crippen LogP contribution in [0.2, 0.25) is 0 Å². The molecule has 3 N–H and O–H groups in total. The molecule has 0 unspecified atom stereocenters. The number of nitrogens with two attached hydrogens (primary N) is 1. The highest BCUT2D eigenvalue weighted by molar-refractivity contribution is 6.04. The number of nitrogens with one attached hydrogen (secondary N) is 1. The molecule has 1 aromatic carbocycles. The number of benzene rings is 1. The number of halogens is 1. The zero-order valence-electron chi connectivity index (χ0n) is 22.4. The number of anilines is 2. The minimum absolute atomic E-state index is 0.0243. The van der Waals surface area contributed by atoms with Gasteiger partial charge in [-0.05, 0) is 48.6 Å². The van der Waals surface area contributed by atoms with Crippen LogP contribution in [0.1, 0.15) is 23.2 Å². The molecule has 0 bridgehead atoms. The number of hydrogen-bond donors (Lipinski definition) is 2. The lowest BCUT2D eigenvalue weighted by atomic mass is 9.99. The number of amides is 1. The van der Waals surface area contributed by atoms with Crippen molar-refractivity contribution in [3.63, 3.8) is 0 Å². The molecule has 1 aliphatic heterocycles. The first-order valence-electron chi connectivity index (χ1n) is 13.3. The van der Waals surface area contributed by atoms with E-state index in [-0.39, 0.29) is 11.4 Å². The fourth-order valence-corrected chi connectivity index (χ4v) is 5.22. The van der Waals surface area contributed by atoms with Crippen LogP contribution >= 0.6 is 0 Å². The van der Waals surface area contributed by atoms with Gasteiger partial charge in [-0.15, -0.1) is 0 Å². The predicted molar refractivity (Wildman–Crippen MR) is 154 cm³/mol. The molecule has 0 atom stereocenters. The molecule has 0 spiro atoms. The van der Waals surface area contributed by atoms with E-state index in [1.807, 2.05) is 28.4 Å². The van der Waals surface area contributed by atoms with E-state index in [0.29, 0.717) is 48.3 Å². The van der Waals surface area contributed by atoms with Crippen molar-refractivity contribution in [2.24, 2.45) is 13.0 Å². The van der Waals surface area contributed by atoms with E-state index in [2.05, 4.69) is 20.3 Å². The van der Waals surface area contributed by atoms with E-state index in [9.17, 15) is 14.0 Å². The van der Waals surface area contributed by atoms with Gasteiger partial charge in [-0.1, -0.05) is 12.1 Å². The third kappa shape index (κ3) is 5.31. The lowest BCUT2D eigenvalue weighted by Gasteiger charge is -2.23. The maximum atomic E-state index is 13.6. The molecule has 6 rings (SSSR count). The highest BCUT2D eigenvalue weighted by Gasteiger charge is 2.20. The smallest absolute Gasteiger partial charge is 0.262 e. The van der Waals surface area contributed by atoms with E-state index in [4.69, 9.17) is 10.5 Å². The lowest BCUT2D eigenvalue weighted by molar-refractivity contribution is 0.0612. The second-order valence-electron chi connectivity index (χ2n) is 10.2. The number of hydrogen-bond acceptors (Lipinski definition) is 7. The van der Waals surface area contributed by atoms with Crippen LogP contribution in [0.25, 0.3) is 33.3 Å². The third-order valence-corrected chi connectivity index (χ3v) is 7.39. The Kier molecular flexibility index (Phi) is 7.02. The summed E-state index contributed by atoms with van der Waals surface area (Å²) < 4.78 is 22.8. The number of pyridine rings is 2. The molecule has 4 aromatic heterocycles. The van der Waals surface area contributed by atoms with E-state index < -0.39 is 17.2 Å². The van der Waals surface area contributed by atoms with Gasteiger partial charge in [-0.2, -0.15) is 0 Å². The number of rotatable bonds is 6. The molecule has 1 saturated heterocycles. The Balaban J connectivity index is 1.30. The van der Waals surface area contributed by atoms with Gasteiger partial charge in [0.15, 0.2) is 0 Å². The van der Waals surface area contributed by atoms with Gasteiger partial charge in [0.2, 0.25) is 5.43 Å². The third-order valence-electron chi connectivity index (χ3n) is 7.39. The van der Waals surface area contributed by atoms with Crippen LogP contribution in [0.15, 0.2) is 72.3 Å². The Morgan fingerprint density at radius 3 is 2.51 bits per heavy atom. The molecule has 0 radical (unpaired) electrons. The van der Waals surface area contributed by atoms with Gasteiger partial charge in [-0.25, -0.2) is 19.3 Å². The minimum Gasteiger partial charge on any atom is -0.383 e. The highest BCUT2D eigenvalue weighted by Crippen LogP contribution is 2.32. The summed E-state index contributed by atoms with van der Waals surface area (Å²) in [5.74, 6) is 0.0129. The number of fused-ring (bicyclic) bond motifs is 1. The van der Waals surface area contributed by atoms with Gasteiger partial charge in [0, 0.05) is 68.3 Å². The molecule has 0 saturated carbocycles. The summed E-state index contributed by atoms with van der Waals surface area (Å²) in [5, 5.41) is 3.47. The number of carbonyl (C=O) groups is 1. The van der Waals surface area contributed by atoms with Crippen LogP contribution in [0, 0.1) is 11.7 Å². The summed E-state index contributed by atoms with van der Waals surface area (Å²) >= 11 is 0. The average molecular weight is 554 g/mol. The first kappa shape index (κ1) is 26.3. The highest BCUT2D eigenvalue weighted by atomic mass is 19.1. The van der Waals surface area contributed by atoms with Gasteiger partial charge in [0.1, 0.15) is 35.0 Å². The standard InChI is InChI=1S/C30H28FN7O3/c1-37-14-22(26-28(32)34-17-35-29(26)37)20-4-7-25(33-12-20)36-30(40)24-16-38(13-18-8-10-41-11-9-18)15-23(27(24)39)19-2-5-21(31)6-3-19/h2-7,12,14-18H,8-11,13H2,1H3,(H2,32,34,35)(H,33,36,40). The van der Waals surface area contributed by atoms with Crippen molar-refractivity contribution in [2.45, 2.75) is 19.4 Å². The molecular formula is C30H28FN7O3. The van der Waals surface area contributed by atoms with E-state index in [1.54, 1.807) is 24.7 Å². The zero-order chi connectivity index (χ0) is 28.5. The Hall–Kier alpha value is -4.90. The predicted octanol–water partition coefficient (Wildman–Crippen LogP) is 4.26. The summed E-state index contributed by atoms with van der Waals surface area (Å²) in [5.41, 5.74) is 8.79. The van der Waals surface area contributed by atoms with Crippen molar-refractivity contribution in [3.8, 4) is 22.3 Å². The van der Waals surface area contributed by atoms with Gasteiger partial charge in [0.05, 0.1) is 5.39 Å². The summed E-state index contributed by atoms with van der Waals surface area (Å²) in [6.45, 7) is 2.00. The van der Waals surface area contributed by atoms with E-state index in [1.165, 1.54) is 30.6 Å². The minimum atomic E-state index is -0.581. The van der Waals surface area contributed by atoms with Gasteiger partial charge in [0.25, 0.3) is 5.91 Å². The van der Waals surface area contributed by atoms with E-state index >= 15 is 0 Å². The molecule has 208 valence electrons. The molecule has 41 heavy (non-hydrogen) atoms. The van der Waals surface area contributed by atoms with Crippen LogP contribution in [-0.2, 0) is 18.3 Å². The molecule has 5 heterocycles. The topological polar surface area (TPSA) is 130 Å². The van der Waals surface area contributed by atoms with Crippen LogP contribution in [0.4, 0.5) is 16.0 Å². The number of ether oxygens (including phenoxy) is 1. The van der Waals surface area contributed by atoms with E-state index in [0.717, 1.165) is 29.4 Å². The Morgan fingerprint density at radius 1 is 1.02 bits per heavy atom. The Bertz CT molecular complexity index is 1790. The van der Waals surface area contributed by atoms with Crippen molar-refractivity contribution < 1.29 is 13.9 Å². The molecule has 1 amide bonds. The van der Waals surface area contributed by atoms with Crippen molar-refractivity contribution in [1.29, 1.82) is 0 Å². The maximum absolute atomic E-state index is 13.6. The first-order chi connectivity index (χ1) is 19.9. The summed E-state index contributed by atoms with van der Waals surface area (Å²) in [7, 11) is 1.87. The zero-order valence-corrected chi connectivity index (χ0v) is 22.4. The van der Waals surface area contributed by atoms with Crippen molar-refractivity contribution in [2.75, 3.05) is 24.3 Å². The SMILES string of the molecule is Cn1cc(-c2ccc(NC(=O)c3cn(CC4CCOCC4)cc(-c4ccc(F)cc4)c3=O)nc2)c2c(N)ncnc21. The average Bonchev–Trinajstić information content (AvgIpc) is 3.32. The molecule has 11 heteroatoms. The summed E-state index contributed by atoms with van der Waals surface area (Å²) in [6, 6.07) is 9.14. The van der Waals surface area contributed by atoms with Crippen LogP contribution < -0.4 is 16.5 Å².